The SMILES string of the molecule is C[CH]C(=O)N[C@H](C(=O)N1Cc2ccc(N)cc2[C@H]1C(=O)Nc1c(F)cccc1F)[C@@H](C)CC. The molecule has 3 rings (SSSR count). The summed E-state index contributed by atoms with van der Waals surface area (Å²) in [4.78, 5) is 40.2. The van der Waals surface area contributed by atoms with E-state index in [1.807, 2.05) is 13.8 Å². The molecule has 1 aliphatic rings. The van der Waals surface area contributed by atoms with Gasteiger partial charge in [-0.05, 0) is 41.3 Å². The van der Waals surface area contributed by atoms with Crippen molar-refractivity contribution >= 4 is 29.1 Å². The molecule has 0 saturated carbocycles. The van der Waals surface area contributed by atoms with Crippen molar-refractivity contribution in [2.24, 2.45) is 5.92 Å². The number of amides is 3. The highest BCUT2D eigenvalue weighted by molar-refractivity contribution is 6.00. The van der Waals surface area contributed by atoms with Crippen LogP contribution in [0, 0.1) is 24.0 Å². The number of fused-ring (bicyclic) bond motifs is 1. The number of rotatable bonds is 7. The van der Waals surface area contributed by atoms with Gasteiger partial charge >= 0.3 is 0 Å². The average Bonchev–Trinajstić information content (AvgIpc) is 3.17. The summed E-state index contributed by atoms with van der Waals surface area (Å²) in [5.41, 5.74) is 6.84. The summed E-state index contributed by atoms with van der Waals surface area (Å²) in [6, 6.07) is 6.11. The first-order valence-corrected chi connectivity index (χ1v) is 10.7. The minimum atomic E-state index is -1.18. The van der Waals surface area contributed by atoms with E-state index in [2.05, 4.69) is 10.6 Å². The van der Waals surface area contributed by atoms with Gasteiger partial charge in [0.1, 0.15) is 29.4 Å². The second kappa shape index (κ2) is 9.97. The van der Waals surface area contributed by atoms with Crippen LogP contribution in [0.2, 0.25) is 0 Å². The zero-order valence-electron chi connectivity index (χ0n) is 18.7. The zero-order chi connectivity index (χ0) is 24.3. The second-order valence-corrected chi connectivity index (χ2v) is 8.07. The molecule has 0 spiro atoms. The van der Waals surface area contributed by atoms with Gasteiger partial charge in [0.05, 0.1) is 0 Å². The molecule has 3 amide bonds. The first-order valence-electron chi connectivity index (χ1n) is 10.7. The van der Waals surface area contributed by atoms with Gasteiger partial charge in [0.15, 0.2) is 0 Å². The lowest BCUT2D eigenvalue weighted by Gasteiger charge is -2.31. The van der Waals surface area contributed by atoms with Gasteiger partial charge in [0.2, 0.25) is 11.8 Å². The number of nitrogens with two attached hydrogens (primary N) is 1. The number of carbonyl (C=O) groups excluding carboxylic acids is 3. The van der Waals surface area contributed by atoms with Crippen molar-refractivity contribution in [3.05, 3.63) is 65.6 Å². The molecule has 0 unspecified atom stereocenters. The third-order valence-electron chi connectivity index (χ3n) is 5.90. The van der Waals surface area contributed by atoms with E-state index in [0.29, 0.717) is 23.2 Å². The van der Waals surface area contributed by atoms with E-state index in [1.54, 1.807) is 25.1 Å². The number of nitrogens with one attached hydrogen (secondary N) is 2. The Hall–Kier alpha value is -3.49. The maximum Gasteiger partial charge on any atom is 0.252 e. The molecule has 7 nitrogen and oxygen atoms in total. The van der Waals surface area contributed by atoms with E-state index in [-0.39, 0.29) is 12.5 Å². The number of hydrogen-bond acceptors (Lipinski definition) is 4. The fourth-order valence-electron chi connectivity index (χ4n) is 3.85. The Bertz CT molecular complexity index is 1060. The topological polar surface area (TPSA) is 105 Å². The van der Waals surface area contributed by atoms with Gasteiger partial charge in [0, 0.05) is 18.7 Å². The summed E-state index contributed by atoms with van der Waals surface area (Å²) >= 11 is 0. The molecule has 4 N–H and O–H groups in total. The van der Waals surface area contributed by atoms with Crippen LogP contribution in [0.1, 0.15) is 44.4 Å². The molecule has 0 aliphatic carbocycles. The second-order valence-electron chi connectivity index (χ2n) is 8.07. The summed E-state index contributed by atoms with van der Waals surface area (Å²) in [6.45, 7) is 5.35. The van der Waals surface area contributed by atoms with Crippen LogP contribution in [0.25, 0.3) is 0 Å². The van der Waals surface area contributed by atoms with E-state index in [0.717, 1.165) is 12.1 Å². The van der Waals surface area contributed by atoms with Crippen LogP contribution >= 0.6 is 0 Å². The summed E-state index contributed by atoms with van der Waals surface area (Å²) < 4.78 is 28.3. The molecule has 33 heavy (non-hydrogen) atoms. The number of halogens is 2. The molecular formula is C24H27F2N4O3. The molecule has 1 heterocycles. The Labute approximate surface area is 191 Å². The fraction of sp³-hybridized carbons (Fsp3) is 0.333. The molecule has 2 aromatic carbocycles. The van der Waals surface area contributed by atoms with Gasteiger partial charge in [-0.2, -0.15) is 0 Å². The van der Waals surface area contributed by atoms with E-state index in [9.17, 15) is 23.2 Å². The van der Waals surface area contributed by atoms with E-state index in [4.69, 9.17) is 5.73 Å². The van der Waals surface area contributed by atoms with E-state index in [1.165, 1.54) is 17.4 Å². The number of nitrogens with zero attached hydrogens (tertiary/aromatic N) is 1. The van der Waals surface area contributed by atoms with Gasteiger partial charge < -0.3 is 21.3 Å². The van der Waals surface area contributed by atoms with Gasteiger partial charge in [-0.15, -0.1) is 0 Å². The van der Waals surface area contributed by atoms with Crippen molar-refractivity contribution in [3.63, 3.8) is 0 Å². The highest BCUT2D eigenvalue weighted by atomic mass is 19.1. The Morgan fingerprint density at radius 3 is 2.48 bits per heavy atom. The highest BCUT2D eigenvalue weighted by Gasteiger charge is 2.42. The minimum absolute atomic E-state index is 0.0882. The molecule has 0 saturated heterocycles. The number of nitrogen functional groups attached to an aromatic ring is 1. The third-order valence-corrected chi connectivity index (χ3v) is 5.90. The Morgan fingerprint density at radius 2 is 1.88 bits per heavy atom. The number of para-hydroxylation sites is 1. The van der Waals surface area contributed by atoms with Crippen LogP contribution in [0.3, 0.4) is 0 Å². The van der Waals surface area contributed by atoms with Crippen molar-refractivity contribution in [1.29, 1.82) is 0 Å². The molecule has 2 aromatic rings. The van der Waals surface area contributed by atoms with Crippen molar-refractivity contribution in [2.75, 3.05) is 11.1 Å². The summed E-state index contributed by atoms with van der Waals surface area (Å²) in [5, 5.41) is 4.98. The van der Waals surface area contributed by atoms with Crippen LogP contribution in [0.5, 0.6) is 0 Å². The third kappa shape index (κ3) is 4.97. The Morgan fingerprint density at radius 1 is 1.21 bits per heavy atom. The van der Waals surface area contributed by atoms with Crippen LogP contribution < -0.4 is 16.4 Å². The van der Waals surface area contributed by atoms with Crippen LogP contribution in [-0.4, -0.2) is 28.7 Å². The number of benzene rings is 2. The van der Waals surface area contributed by atoms with Gasteiger partial charge in [-0.1, -0.05) is 39.3 Å². The van der Waals surface area contributed by atoms with Crippen molar-refractivity contribution in [3.8, 4) is 0 Å². The highest BCUT2D eigenvalue weighted by Crippen LogP contribution is 2.37. The standard InChI is InChI=1S/C24H27F2N4O3/c1-4-13(3)20(28-19(31)5-2)24(33)30-12-14-9-10-15(27)11-16(14)22(30)23(32)29-21-17(25)7-6-8-18(21)26/h5-11,13,20,22H,4,12,27H2,1-3H3,(H,28,31)(H,29,32)/t13-,20-,22-/m0/s1. The lowest BCUT2D eigenvalue weighted by molar-refractivity contribution is -0.142. The van der Waals surface area contributed by atoms with E-state index < -0.39 is 47.1 Å². The maximum absolute atomic E-state index is 14.2. The summed E-state index contributed by atoms with van der Waals surface area (Å²) in [6.07, 6.45) is 1.92. The molecule has 0 fully saturated rings. The monoisotopic (exact) mass is 457 g/mol. The maximum atomic E-state index is 14.2. The quantitative estimate of drug-likeness (QED) is 0.555. The van der Waals surface area contributed by atoms with Crippen molar-refractivity contribution in [2.45, 2.75) is 45.8 Å². The molecule has 3 atom stereocenters. The Balaban J connectivity index is 2.00. The molecule has 9 heteroatoms. The van der Waals surface area contributed by atoms with Gasteiger partial charge in [-0.3, -0.25) is 14.4 Å². The van der Waals surface area contributed by atoms with Crippen LogP contribution in [-0.2, 0) is 20.9 Å². The van der Waals surface area contributed by atoms with Crippen LogP contribution in [0.15, 0.2) is 36.4 Å². The average molecular weight is 458 g/mol. The predicted molar refractivity (Wildman–Crippen MR) is 120 cm³/mol. The van der Waals surface area contributed by atoms with Crippen molar-refractivity contribution < 1.29 is 23.2 Å². The first kappa shape index (κ1) is 24.2. The number of anilines is 2. The zero-order valence-corrected chi connectivity index (χ0v) is 18.7. The molecule has 0 aromatic heterocycles. The Kier molecular flexibility index (Phi) is 7.30. The molecular weight excluding hydrogens is 430 g/mol. The van der Waals surface area contributed by atoms with E-state index >= 15 is 0 Å². The van der Waals surface area contributed by atoms with Crippen molar-refractivity contribution in [1.82, 2.24) is 10.2 Å². The lowest BCUT2D eigenvalue weighted by Crippen LogP contribution is -2.52. The lowest BCUT2D eigenvalue weighted by atomic mass is 9.96. The molecule has 1 radical (unpaired) electrons. The van der Waals surface area contributed by atoms with Gasteiger partial charge in [0.25, 0.3) is 5.91 Å². The normalized spacial score (nSPS) is 16.6. The molecule has 175 valence electrons. The molecule has 0 bridgehead atoms. The smallest absolute Gasteiger partial charge is 0.252 e. The van der Waals surface area contributed by atoms with Gasteiger partial charge in [-0.25, -0.2) is 8.78 Å². The van der Waals surface area contributed by atoms with Crippen LogP contribution in [0.4, 0.5) is 20.2 Å². The largest absolute Gasteiger partial charge is 0.399 e. The fourth-order valence-corrected chi connectivity index (χ4v) is 3.85. The summed E-state index contributed by atoms with van der Waals surface area (Å²) in [5.74, 6) is -3.76. The number of carbonyl (C=O) groups is 3. The minimum Gasteiger partial charge on any atom is -0.399 e. The number of hydrogen-bond donors (Lipinski definition) is 3. The molecule has 1 aliphatic heterocycles. The predicted octanol–water partition coefficient (Wildman–Crippen LogP) is 3.32. The first-order chi connectivity index (χ1) is 15.7. The summed E-state index contributed by atoms with van der Waals surface area (Å²) in [7, 11) is 0.